The van der Waals surface area contributed by atoms with Crippen molar-refractivity contribution in [1.29, 1.82) is 0 Å². The van der Waals surface area contributed by atoms with Gasteiger partial charge in [-0.05, 0) is 42.9 Å². The fourth-order valence-electron chi connectivity index (χ4n) is 2.00. The third-order valence-corrected chi connectivity index (χ3v) is 4.04. The van der Waals surface area contributed by atoms with E-state index in [0.29, 0.717) is 22.3 Å². The molecule has 20 heavy (non-hydrogen) atoms. The maximum absolute atomic E-state index is 11.7. The molecule has 2 N–H and O–H groups in total. The number of ether oxygens (including phenoxy) is 1. The molecular weight excluding hydrogens is 301 g/mol. The molecule has 0 atom stereocenters. The molecule has 1 aliphatic carbocycles. The Labute approximate surface area is 128 Å². The van der Waals surface area contributed by atoms with E-state index in [-0.39, 0.29) is 24.5 Å². The summed E-state index contributed by atoms with van der Waals surface area (Å²) in [5, 5.41) is 12.7. The van der Waals surface area contributed by atoms with Gasteiger partial charge in [-0.25, -0.2) is 0 Å². The van der Waals surface area contributed by atoms with Crippen molar-refractivity contribution in [2.75, 3.05) is 19.8 Å². The summed E-state index contributed by atoms with van der Waals surface area (Å²) in [7, 11) is 0. The highest BCUT2D eigenvalue weighted by Gasteiger charge is 2.41. The van der Waals surface area contributed by atoms with E-state index in [1.165, 1.54) is 0 Å². The third-order valence-electron chi connectivity index (χ3n) is 3.51. The summed E-state index contributed by atoms with van der Waals surface area (Å²) in [5.41, 5.74) is 0.0995. The van der Waals surface area contributed by atoms with Crippen LogP contribution in [0, 0.1) is 5.41 Å². The molecule has 1 aromatic rings. The highest BCUT2D eigenvalue weighted by atomic mass is 35.5. The Hall–Kier alpha value is -0.970. The van der Waals surface area contributed by atoms with Gasteiger partial charge in [-0.15, -0.1) is 0 Å². The second-order valence-corrected chi connectivity index (χ2v) is 5.96. The molecule has 1 aliphatic rings. The molecule has 1 amide bonds. The van der Waals surface area contributed by atoms with Crippen molar-refractivity contribution in [3.8, 4) is 5.75 Å². The van der Waals surface area contributed by atoms with Crippen LogP contribution in [0.2, 0.25) is 10.0 Å². The van der Waals surface area contributed by atoms with Crippen molar-refractivity contribution in [2.24, 2.45) is 5.41 Å². The fourth-order valence-corrected chi connectivity index (χ4v) is 2.46. The van der Waals surface area contributed by atoms with Gasteiger partial charge in [0.15, 0.2) is 6.61 Å². The van der Waals surface area contributed by atoms with Crippen LogP contribution in [0.15, 0.2) is 18.2 Å². The fraction of sp³-hybridized carbons (Fsp3) is 0.500. The number of aliphatic hydroxyl groups excluding tert-OH is 1. The van der Waals surface area contributed by atoms with Crippen LogP contribution < -0.4 is 10.1 Å². The SMILES string of the molecule is O=C(COc1ccc(Cl)cc1Cl)NCC1(CCO)CC1. The number of hydrogen-bond donors (Lipinski definition) is 2. The molecule has 0 radical (unpaired) electrons. The molecule has 1 aromatic carbocycles. The summed E-state index contributed by atoms with van der Waals surface area (Å²) in [5.74, 6) is 0.239. The smallest absolute Gasteiger partial charge is 0.257 e. The average molecular weight is 318 g/mol. The first kappa shape index (κ1) is 15.4. The van der Waals surface area contributed by atoms with Gasteiger partial charge in [0.1, 0.15) is 5.75 Å². The molecule has 2 rings (SSSR count). The number of rotatable bonds is 7. The van der Waals surface area contributed by atoms with Crippen LogP contribution >= 0.6 is 23.2 Å². The summed E-state index contributed by atoms with van der Waals surface area (Å²) >= 11 is 11.7. The van der Waals surface area contributed by atoms with E-state index < -0.39 is 0 Å². The Balaban J connectivity index is 1.75. The lowest BCUT2D eigenvalue weighted by Crippen LogP contribution is -2.34. The zero-order valence-corrected chi connectivity index (χ0v) is 12.5. The molecule has 0 spiro atoms. The van der Waals surface area contributed by atoms with Crippen molar-refractivity contribution in [2.45, 2.75) is 19.3 Å². The van der Waals surface area contributed by atoms with Crippen LogP contribution in [0.25, 0.3) is 0 Å². The minimum atomic E-state index is -0.194. The van der Waals surface area contributed by atoms with Gasteiger partial charge in [-0.2, -0.15) is 0 Å². The molecule has 0 unspecified atom stereocenters. The van der Waals surface area contributed by atoms with E-state index in [9.17, 15) is 4.79 Å². The van der Waals surface area contributed by atoms with E-state index >= 15 is 0 Å². The number of halogens is 2. The van der Waals surface area contributed by atoms with Gasteiger partial charge < -0.3 is 15.2 Å². The Kier molecular flexibility index (Phi) is 5.13. The Morgan fingerprint density at radius 2 is 2.15 bits per heavy atom. The maximum Gasteiger partial charge on any atom is 0.257 e. The monoisotopic (exact) mass is 317 g/mol. The predicted octanol–water partition coefficient (Wildman–Crippen LogP) is 2.65. The molecule has 0 heterocycles. The number of nitrogens with one attached hydrogen (secondary N) is 1. The molecule has 0 bridgehead atoms. The number of aliphatic hydroxyl groups is 1. The molecule has 4 nitrogen and oxygen atoms in total. The summed E-state index contributed by atoms with van der Waals surface area (Å²) in [6.45, 7) is 0.660. The van der Waals surface area contributed by atoms with Gasteiger partial charge in [-0.1, -0.05) is 23.2 Å². The van der Waals surface area contributed by atoms with E-state index in [0.717, 1.165) is 19.3 Å². The molecule has 1 fully saturated rings. The van der Waals surface area contributed by atoms with Gasteiger partial charge in [0.05, 0.1) is 5.02 Å². The molecule has 0 aliphatic heterocycles. The Morgan fingerprint density at radius 3 is 2.75 bits per heavy atom. The van der Waals surface area contributed by atoms with Crippen molar-refractivity contribution >= 4 is 29.1 Å². The van der Waals surface area contributed by atoms with Crippen LogP contribution in [0.5, 0.6) is 5.75 Å². The zero-order valence-electron chi connectivity index (χ0n) is 11.0. The van der Waals surface area contributed by atoms with Gasteiger partial charge >= 0.3 is 0 Å². The predicted molar refractivity (Wildman–Crippen MR) is 78.3 cm³/mol. The van der Waals surface area contributed by atoms with Gasteiger partial charge in [0.2, 0.25) is 0 Å². The van der Waals surface area contributed by atoms with E-state index in [1.807, 2.05) is 0 Å². The highest BCUT2D eigenvalue weighted by molar-refractivity contribution is 6.35. The maximum atomic E-state index is 11.7. The quantitative estimate of drug-likeness (QED) is 0.812. The van der Waals surface area contributed by atoms with Crippen LogP contribution in [0.3, 0.4) is 0 Å². The van der Waals surface area contributed by atoms with E-state index in [1.54, 1.807) is 18.2 Å². The van der Waals surface area contributed by atoms with Crippen molar-refractivity contribution in [3.63, 3.8) is 0 Å². The summed E-state index contributed by atoms with van der Waals surface area (Å²) in [6, 6.07) is 4.85. The normalized spacial score (nSPS) is 15.8. The number of carbonyl (C=O) groups excluding carboxylic acids is 1. The summed E-state index contributed by atoms with van der Waals surface area (Å²) in [6.07, 6.45) is 2.84. The Bertz CT molecular complexity index is 489. The van der Waals surface area contributed by atoms with E-state index in [2.05, 4.69) is 5.32 Å². The van der Waals surface area contributed by atoms with Crippen molar-refractivity contribution in [1.82, 2.24) is 5.32 Å². The highest BCUT2D eigenvalue weighted by Crippen LogP contribution is 2.47. The van der Waals surface area contributed by atoms with E-state index in [4.69, 9.17) is 33.0 Å². The summed E-state index contributed by atoms with van der Waals surface area (Å²) in [4.78, 5) is 11.7. The largest absolute Gasteiger partial charge is 0.482 e. The molecule has 0 aromatic heterocycles. The van der Waals surface area contributed by atoms with Gasteiger partial charge in [0.25, 0.3) is 5.91 Å². The third kappa shape index (κ3) is 4.27. The Morgan fingerprint density at radius 1 is 1.40 bits per heavy atom. The molecular formula is C14H17Cl2NO3. The van der Waals surface area contributed by atoms with Crippen molar-refractivity contribution in [3.05, 3.63) is 28.2 Å². The average Bonchev–Trinajstić information content (AvgIpc) is 3.16. The lowest BCUT2D eigenvalue weighted by molar-refractivity contribution is -0.123. The van der Waals surface area contributed by atoms with Crippen LogP contribution in [0.1, 0.15) is 19.3 Å². The zero-order chi connectivity index (χ0) is 14.6. The van der Waals surface area contributed by atoms with Crippen LogP contribution in [-0.4, -0.2) is 30.8 Å². The minimum Gasteiger partial charge on any atom is -0.482 e. The van der Waals surface area contributed by atoms with Crippen molar-refractivity contribution < 1.29 is 14.6 Å². The molecule has 110 valence electrons. The first-order valence-electron chi connectivity index (χ1n) is 6.50. The number of amides is 1. The number of carbonyl (C=O) groups is 1. The number of hydrogen-bond acceptors (Lipinski definition) is 3. The lowest BCUT2D eigenvalue weighted by Gasteiger charge is -2.15. The number of benzene rings is 1. The standard InChI is InChI=1S/C14H17Cl2NO3/c15-10-1-2-12(11(16)7-10)20-8-13(19)17-9-14(3-4-14)5-6-18/h1-2,7,18H,3-6,8-9H2,(H,17,19). The second-order valence-electron chi connectivity index (χ2n) is 5.11. The second kappa shape index (κ2) is 6.66. The van der Waals surface area contributed by atoms with Crippen LogP contribution in [-0.2, 0) is 4.79 Å². The van der Waals surface area contributed by atoms with Gasteiger partial charge in [-0.3, -0.25) is 4.79 Å². The molecule has 1 saturated carbocycles. The van der Waals surface area contributed by atoms with Crippen LogP contribution in [0.4, 0.5) is 0 Å². The molecule has 6 heteroatoms. The lowest BCUT2D eigenvalue weighted by atomic mass is 10.0. The molecule has 0 saturated heterocycles. The first-order chi connectivity index (χ1) is 9.54. The minimum absolute atomic E-state index is 0.0867. The topological polar surface area (TPSA) is 58.6 Å². The summed E-state index contributed by atoms with van der Waals surface area (Å²) < 4.78 is 5.35. The first-order valence-corrected chi connectivity index (χ1v) is 7.26. The van der Waals surface area contributed by atoms with Gasteiger partial charge in [0, 0.05) is 18.2 Å².